The van der Waals surface area contributed by atoms with Crippen LogP contribution in [0.1, 0.15) is 52.9 Å². The van der Waals surface area contributed by atoms with E-state index in [1.54, 1.807) is 20.8 Å². The number of carbonyl (C=O) groups excluding carboxylic acids is 1. The van der Waals surface area contributed by atoms with Crippen LogP contribution in [0.25, 0.3) is 0 Å². The smallest absolute Gasteiger partial charge is 0.410 e. The van der Waals surface area contributed by atoms with Gasteiger partial charge in [-0.1, -0.05) is 19.3 Å². The first-order chi connectivity index (χ1) is 8.19. The number of carboxylic acid groups (broad SMARTS) is 1. The summed E-state index contributed by atoms with van der Waals surface area (Å²) in [5.74, 6) is -0.935. The van der Waals surface area contributed by atoms with Gasteiger partial charge in [0.05, 0.1) is 0 Å². The fourth-order valence-corrected chi connectivity index (χ4v) is 2.33. The van der Waals surface area contributed by atoms with Crippen molar-refractivity contribution in [2.75, 3.05) is 7.05 Å². The third kappa shape index (κ3) is 3.15. The van der Waals surface area contributed by atoms with Gasteiger partial charge >= 0.3 is 12.1 Å². The maximum atomic E-state index is 12.0. The van der Waals surface area contributed by atoms with Gasteiger partial charge in [0, 0.05) is 7.05 Å². The number of amides is 1. The van der Waals surface area contributed by atoms with Crippen LogP contribution < -0.4 is 0 Å². The maximum Gasteiger partial charge on any atom is 0.410 e. The molecular weight excluding hydrogens is 234 g/mol. The van der Waals surface area contributed by atoms with E-state index in [-0.39, 0.29) is 0 Å². The molecule has 1 fully saturated rings. The number of nitrogens with zero attached hydrogens (tertiary/aromatic N) is 1. The van der Waals surface area contributed by atoms with Gasteiger partial charge < -0.3 is 9.84 Å². The van der Waals surface area contributed by atoms with Crippen LogP contribution in [-0.2, 0) is 9.53 Å². The van der Waals surface area contributed by atoms with Crippen LogP contribution in [0.2, 0.25) is 0 Å². The Balaban J connectivity index is 2.86. The second-order valence-electron chi connectivity index (χ2n) is 5.94. The molecule has 1 amide bonds. The highest BCUT2D eigenvalue weighted by Gasteiger charge is 2.46. The zero-order valence-corrected chi connectivity index (χ0v) is 11.7. The van der Waals surface area contributed by atoms with Crippen LogP contribution >= 0.6 is 0 Å². The summed E-state index contributed by atoms with van der Waals surface area (Å²) in [6.45, 7) is 5.31. The van der Waals surface area contributed by atoms with E-state index in [0.717, 1.165) is 19.3 Å². The third-order valence-electron chi connectivity index (χ3n) is 3.39. The molecule has 0 aliphatic heterocycles. The number of ether oxygens (including phenoxy) is 1. The van der Waals surface area contributed by atoms with Crippen molar-refractivity contribution in [3.63, 3.8) is 0 Å². The highest BCUT2D eigenvalue weighted by molar-refractivity contribution is 5.84. The van der Waals surface area contributed by atoms with E-state index < -0.39 is 23.2 Å². The van der Waals surface area contributed by atoms with Crippen LogP contribution in [0, 0.1) is 0 Å². The normalized spacial score (nSPS) is 19.1. The predicted octanol–water partition coefficient (Wildman–Crippen LogP) is 2.64. The average molecular weight is 257 g/mol. The van der Waals surface area contributed by atoms with Gasteiger partial charge in [-0.15, -0.1) is 0 Å². The molecule has 1 saturated carbocycles. The Kier molecular flexibility index (Phi) is 4.24. The molecular formula is C13H23NO4. The Morgan fingerprint density at radius 3 is 2.06 bits per heavy atom. The van der Waals surface area contributed by atoms with Gasteiger partial charge in [0.15, 0.2) is 0 Å². The number of carbonyl (C=O) groups is 2. The molecule has 0 spiro atoms. The van der Waals surface area contributed by atoms with E-state index >= 15 is 0 Å². The van der Waals surface area contributed by atoms with Crippen molar-refractivity contribution in [3.05, 3.63) is 0 Å². The minimum Gasteiger partial charge on any atom is -0.479 e. The molecule has 0 heterocycles. The zero-order chi connectivity index (χ0) is 14.0. The monoisotopic (exact) mass is 257 g/mol. The van der Waals surface area contributed by atoms with Crippen LogP contribution in [0.5, 0.6) is 0 Å². The lowest BCUT2D eigenvalue weighted by Gasteiger charge is -2.41. The van der Waals surface area contributed by atoms with Gasteiger partial charge in [-0.05, 0) is 33.6 Å². The van der Waals surface area contributed by atoms with Gasteiger partial charge in [0.25, 0.3) is 0 Å². The van der Waals surface area contributed by atoms with E-state index in [4.69, 9.17) is 4.74 Å². The molecule has 0 saturated heterocycles. The Morgan fingerprint density at radius 2 is 1.67 bits per heavy atom. The molecule has 0 unspecified atom stereocenters. The van der Waals surface area contributed by atoms with Gasteiger partial charge in [0.2, 0.25) is 0 Å². The van der Waals surface area contributed by atoms with Crippen molar-refractivity contribution in [3.8, 4) is 0 Å². The van der Waals surface area contributed by atoms with Crippen LogP contribution in [0.15, 0.2) is 0 Å². The molecule has 0 aromatic rings. The van der Waals surface area contributed by atoms with Crippen LogP contribution in [0.4, 0.5) is 4.79 Å². The number of rotatable bonds is 2. The van der Waals surface area contributed by atoms with Crippen molar-refractivity contribution in [2.24, 2.45) is 0 Å². The van der Waals surface area contributed by atoms with E-state index in [9.17, 15) is 14.7 Å². The zero-order valence-electron chi connectivity index (χ0n) is 11.7. The molecule has 0 aromatic carbocycles. The Hall–Kier alpha value is -1.26. The third-order valence-corrected chi connectivity index (χ3v) is 3.39. The summed E-state index contributed by atoms with van der Waals surface area (Å²) in [6.07, 6.45) is 3.12. The summed E-state index contributed by atoms with van der Waals surface area (Å²) in [5, 5.41) is 9.46. The quantitative estimate of drug-likeness (QED) is 0.825. The largest absolute Gasteiger partial charge is 0.479 e. The van der Waals surface area contributed by atoms with Gasteiger partial charge in [0.1, 0.15) is 11.1 Å². The highest BCUT2D eigenvalue weighted by Crippen LogP contribution is 2.34. The van der Waals surface area contributed by atoms with Gasteiger partial charge in [-0.3, -0.25) is 4.90 Å². The van der Waals surface area contributed by atoms with Crippen LogP contribution in [-0.4, -0.2) is 40.3 Å². The van der Waals surface area contributed by atoms with Crippen molar-refractivity contribution < 1.29 is 19.4 Å². The molecule has 0 bridgehead atoms. The van der Waals surface area contributed by atoms with Crippen molar-refractivity contribution in [2.45, 2.75) is 64.0 Å². The summed E-state index contributed by atoms with van der Waals surface area (Å²) < 4.78 is 5.25. The number of likely N-dealkylation sites (N-methyl/N-ethyl adjacent to an activating group) is 1. The summed E-state index contributed by atoms with van der Waals surface area (Å²) in [6, 6.07) is 0. The summed E-state index contributed by atoms with van der Waals surface area (Å²) in [7, 11) is 1.52. The highest BCUT2D eigenvalue weighted by atomic mass is 16.6. The van der Waals surface area contributed by atoms with Crippen molar-refractivity contribution in [1.82, 2.24) is 4.90 Å². The molecule has 1 rings (SSSR count). The van der Waals surface area contributed by atoms with E-state index in [1.807, 2.05) is 0 Å². The fraction of sp³-hybridized carbons (Fsp3) is 0.846. The van der Waals surface area contributed by atoms with E-state index in [1.165, 1.54) is 11.9 Å². The number of hydrogen-bond acceptors (Lipinski definition) is 3. The number of hydrogen-bond donors (Lipinski definition) is 1. The first kappa shape index (κ1) is 14.8. The Labute approximate surface area is 108 Å². The maximum absolute atomic E-state index is 12.0. The molecule has 0 aromatic heterocycles. The predicted molar refractivity (Wildman–Crippen MR) is 67.4 cm³/mol. The molecule has 5 heteroatoms. The van der Waals surface area contributed by atoms with Gasteiger partial charge in [-0.25, -0.2) is 9.59 Å². The lowest BCUT2D eigenvalue weighted by molar-refractivity contribution is -0.152. The standard InChI is InChI=1S/C13H23NO4/c1-12(2,3)18-11(17)14(4)13(10(15)16)8-6-5-7-9-13/h5-9H2,1-4H3,(H,15,16). The molecule has 5 nitrogen and oxygen atoms in total. The first-order valence-corrected chi connectivity index (χ1v) is 6.39. The van der Waals surface area contributed by atoms with E-state index in [0.29, 0.717) is 12.8 Å². The lowest BCUT2D eigenvalue weighted by Crippen LogP contribution is -2.57. The summed E-state index contributed by atoms with van der Waals surface area (Å²) in [5.41, 5.74) is -1.71. The van der Waals surface area contributed by atoms with Gasteiger partial charge in [-0.2, -0.15) is 0 Å². The molecule has 0 atom stereocenters. The second kappa shape index (κ2) is 5.16. The molecule has 104 valence electrons. The van der Waals surface area contributed by atoms with Crippen LogP contribution in [0.3, 0.4) is 0 Å². The number of carboxylic acids is 1. The second-order valence-corrected chi connectivity index (χ2v) is 5.94. The molecule has 1 N–H and O–H groups in total. The fourth-order valence-electron chi connectivity index (χ4n) is 2.33. The molecule has 1 aliphatic carbocycles. The average Bonchev–Trinajstić information content (AvgIpc) is 2.26. The molecule has 1 aliphatic rings. The lowest BCUT2D eigenvalue weighted by atomic mass is 9.80. The van der Waals surface area contributed by atoms with E-state index in [2.05, 4.69) is 0 Å². The topological polar surface area (TPSA) is 66.8 Å². The SMILES string of the molecule is CN(C(=O)OC(C)(C)C)C1(C(=O)O)CCCCC1. The minimum absolute atomic E-state index is 0.498. The molecule has 0 radical (unpaired) electrons. The Morgan fingerprint density at radius 1 is 1.17 bits per heavy atom. The first-order valence-electron chi connectivity index (χ1n) is 6.39. The van der Waals surface area contributed by atoms with Crippen molar-refractivity contribution in [1.29, 1.82) is 0 Å². The number of aliphatic carboxylic acids is 1. The Bertz CT molecular complexity index is 326. The van der Waals surface area contributed by atoms with Crippen molar-refractivity contribution >= 4 is 12.1 Å². The minimum atomic E-state index is -1.10. The summed E-state index contributed by atoms with van der Waals surface area (Å²) in [4.78, 5) is 24.8. The summed E-state index contributed by atoms with van der Waals surface area (Å²) >= 11 is 0. The molecule has 18 heavy (non-hydrogen) atoms.